The summed E-state index contributed by atoms with van der Waals surface area (Å²) in [4.78, 5) is 0. The number of nitrogens with one attached hydrogen (secondary N) is 1. The van der Waals surface area contributed by atoms with Crippen LogP contribution in [0, 0.1) is 0 Å². The fraction of sp³-hybridized carbons (Fsp3) is 0.125. The third-order valence-corrected chi connectivity index (χ3v) is 3.26. The van der Waals surface area contributed by atoms with E-state index in [0.29, 0.717) is 17.5 Å². The minimum absolute atomic E-state index is 0.500. The average Bonchev–Trinajstić information content (AvgIpc) is 2.92. The molecule has 2 heterocycles. The molecule has 1 aliphatic rings. The number of nitrogens with zero attached hydrogens (tertiary/aromatic N) is 3. The Labute approximate surface area is 133 Å². The molecule has 0 unspecified atom stereocenters. The van der Waals surface area contributed by atoms with E-state index >= 15 is 0 Å². The van der Waals surface area contributed by atoms with Crippen molar-refractivity contribution >= 4 is 29.3 Å². The van der Waals surface area contributed by atoms with Gasteiger partial charge in [-0.15, -0.1) is 5.10 Å². The van der Waals surface area contributed by atoms with Crippen LogP contribution in [0.5, 0.6) is 0 Å². The van der Waals surface area contributed by atoms with E-state index in [2.05, 4.69) is 15.6 Å². The molecule has 0 saturated heterocycles. The number of aryl methyl sites for hydroxylation is 1. The van der Waals surface area contributed by atoms with Crippen molar-refractivity contribution in [2.45, 2.75) is 0 Å². The number of rotatable bonds is 3. The molecule has 0 amide bonds. The zero-order valence-corrected chi connectivity index (χ0v) is 12.8. The fourth-order valence-electron chi connectivity index (χ4n) is 2.03. The van der Waals surface area contributed by atoms with Gasteiger partial charge in [0.05, 0.1) is 11.9 Å². The van der Waals surface area contributed by atoms with Gasteiger partial charge in [-0.2, -0.15) is 5.10 Å². The molecule has 3 rings (SSSR count). The molecule has 1 aromatic carbocycles. The molecule has 1 N–H and O–H groups in total. The predicted molar refractivity (Wildman–Crippen MR) is 88.8 cm³/mol. The monoisotopic (exact) mass is 314 g/mol. The van der Waals surface area contributed by atoms with Crippen LogP contribution >= 0.6 is 11.6 Å². The van der Waals surface area contributed by atoms with Gasteiger partial charge in [0.15, 0.2) is 0 Å². The van der Waals surface area contributed by atoms with Gasteiger partial charge in [0.25, 0.3) is 0 Å². The maximum absolute atomic E-state index is 6.01. The smallest absolute Gasteiger partial charge is 0.238 e. The number of hydrogen-bond donors (Lipinski definition) is 1. The number of anilines is 1. The van der Waals surface area contributed by atoms with E-state index in [1.54, 1.807) is 10.9 Å². The normalized spacial score (nSPS) is 17.7. The van der Waals surface area contributed by atoms with Crippen molar-refractivity contribution in [2.24, 2.45) is 12.1 Å². The second kappa shape index (κ2) is 6.49. The molecule has 22 heavy (non-hydrogen) atoms. The van der Waals surface area contributed by atoms with E-state index in [9.17, 15) is 0 Å². The van der Waals surface area contributed by atoms with E-state index < -0.39 is 0 Å². The lowest BCUT2D eigenvalue weighted by Crippen LogP contribution is -2.13. The van der Waals surface area contributed by atoms with Gasteiger partial charge in [-0.1, -0.05) is 29.8 Å². The number of ether oxygens (including phenoxy) is 1. The molecular weight excluding hydrogens is 300 g/mol. The van der Waals surface area contributed by atoms with Crippen molar-refractivity contribution in [3.63, 3.8) is 0 Å². The van der Waals surface area contributed by atoms with Crippen molar-refractivity contribution in [1.82, 2.24) is 9.78 Å². The quantitative estimate of drug-likeness (QED) is 0.883. The Balaban J connectivity index is 1.84. The van der Waals surface area contributed by atoms with E-state index in [4.69, 9.17) is 16.3 Å². The van der Waals surface area contributed by atoms with Crippen molar-refractivity contribution in [3.8, 4) is 0 Å². The molecule has 0 bridgehead atoms. The largest absolute Gasteiger partial charge is 0.472 e. The standard InChI is InChI=1S/C16H15ClN4O/c1-21-11-15(10-18-21)19-20-16-13(5-3-7-22-16)8-12-4-2-6-14(17)9-12/h2-6,8-11,19H,7H2,1H3. The lowest BCUT2D eigenvalue weighted by Gasteiger charge is -2.13. The van der Waals surface area contributed by atoms with Gasteiger partial charge >= 0.3 is 0 Å². The summed E-state index contributed by atoms with van der Waals surface area (Å²) in [6, 6.07) is 7.62. The number of aromatic nitrogens is 2. The van der Waals surface area contributed by atoms with Crippen LogP contribution in [0.4, 0.5) is 5.69 Å². The van der Waals surface area contributed by atoms with Crippen molar-refractivity contribution in [2.75, 3.05) is 12.0 Å². The molecule has 0 spiro atoms. The minimum Gasteiger partial charge on any atom is -0.472 e. The maximum atomic E-state index is 6.01. The van der Waals surface area contributed by atoms with Gasteiger partial charge in [0, 0.05) is 23.8 Å². The van der Waals surface area contributed by atoms with Crippen LogP contribution in [0.1, 0.15) is 5.56 Å². The molecule has 0 radical (unpaired) electrons. The molecule has 0 aliphatic carbocycles. The molecule has 5 nitrogen and oxygen atoms in total. The van der Waals surface area contributed by atoms with E-state index in [1.807, 2.05) is 55.7 Å². The van der Waals surface area contributed by atoms with Crippen LogP contribution in [0.25, 0.3) is 6.08 Å². The predicted octanol–water partition coefficient (Wildman–Crippen LogP) is 3.47. The van der Waals surface area contributed by atoms with Gasteiger partial charge in [0.1, 0.15) is 6.61 Å². The molecule has 1 aromatic heterocycles. The van der Waals surface area contributed by atoms with Crippen LogP contribution in [0.3, 0.4) is 0 Å². The van der Waals surface area contributed by atoms with Crippen molar-refractivity contribution in [1.29, 1.82) is 0 Å². The van der Waals surface area contributed by atoms with Crippen LogP contribution in [-0.4, -0.2) is 22.3 Å². The van der Waals surface area contributed by atoms with E-state index in [1.165, 1.54) is 0 Å². The summed E-state index contributed by atoms with van der Waals surface area (Å²) in [5.74, 6) is 0.534. The first-order valence-corrected chi connectivity index (χ1v) is 7.18. The lowest BCUT2D eigenvalue weighted by atomic mass is 10.1. The summed E-state index contributed by atoms with van der Waals surface area (Å²) in [6.45, 7) is 0.500. The van der Waals surface area contributed by atoms with Gasteiger partial charge < -0.3 is 4.74 Å². The number of hydrazone groups is 1. The van der Waals surface area contributed by atoms with E-state index in [-0.39, 0.29) is 0 Å². The number of benzene rings is 1. The highest BCUT2D eigenvalue weighted by molar-refractivity contribution is 6.30. The van der Waals surface area contributed by atoms with Crippen LogP contribution in [0.2, 0.25) is 5.02 Å². The second-order valence-electron chi connectivity index (χ2n) is 4.80. The Morgan fingerprint density at radius 1 is 1.45 bits per heavy atom. The highest BCUT2D eigenvalue weighted by atomic mass is 35.5. The zero-order chi connectivity index (χ0) is 15.4. The van der Waals surface area contributed by atoms with Crippen LogP contribution in [0.15, 0.2) is 59.5 Å². The third kappa shape index (κ3) is 3.56. The van der Waals surface area contributed by atoms with Crippen molar-refractivity contribution in [3.05, 3.63) is 65.0 Å². The zero-order valence-electron chi connectivity index (χ0n) is 12.0. The summed E-state index contributed by atoms with van der Waals surface area (Å²) < 4.78 is 7.30. The molecular formula is C16H15ClN4O. The van der Waals surface area contributed by atoms with Gasteiger partial charge in [0.2, 0.25) is 5.90 Å². The van der Waals surface area contributed by atoms with Gasteiger partial charge in [-0.3, -0.25) is 10.1 Å². The number of hydrogen-bond acceptors (Lipinski definition) is 4. The van der Waals surface area contributed by atoms with Crippen LogP contribution in [-0.2, 0) is 11.8 Å². The molecule has 6 heteroatoms. The Kier molecular flexibility index (Phi) is 4.25. The molecule has 0 atom stereocenters. The third-order valence-electron chi connectivity index (χ3n) is 3.02. The van der Waals surface area contributed by atoms with Crippen molar-refractivity contribution < 1.29 is 4.74 Å². The molecule has 2 aromatic rings. The molecule has 1 aliphatic heterocycles. The molecule has 0 saturated carbocycles. The van der Waals surface area contributed by atoms with E-state index in [0.717, 1.165) is 16.8 Å². The summed E-state index contributed by atoms with van der Waals surface area (Å²) in [6.07, 6.45) is 9.44. The maximum Gasteiger partial charge on any atom is 0.238 e. The topological polar surface area (TPSA) is 51.4 Å². The molecule has 112 valence electrons. The first-order valence-electron chi connectivity index (χ1n) is 6.80. The summed E-state index contributed by atoms with van der Waals surface area (Å²) in [7, 11) is 1.85. The molecule has 0 fully saturated rings. The first kappa shape index (κ1) is 14.4. The lowest BCUT2D eigenvalue weighted by molar-refractivity contribution is 0.346. The Morgan fingerprint density at radius 2 is 2.36 bits per heavy atom. The fourth-order valence-corrected chi connectivity index (χ4v) is 2.23. The van der Waals surface area contributed by atoms with Gasteiger partial charge in [-0.05, 0) is 29.8 Å². The summed E-state index contributed by atoms with van der Waals surface area (Å²) in [5.41, 5.74) is 5.61. The summed E-state index contributed by atoms with van der Waals surface area (Å²) in [5, 5.41) is 9.08. The summed E-state index contributed by atoms with van der Waals surface area (Å²) >= 11 is 6.01. The average molecular weight is 315 g/mol. The SMILES string of the molecule is Cn1cc(NN=C2OCC=CC2=Cc2cccc(Cl)c2)cn1. The second-order valence-corrected chi connectivity index (χ2v) is 5.24. The number of halogens is 1. The Morgan fingerprint density at radius 3 is 3.14 bits per heavy atom. The minimum atomic E-state index is 0.500. The Bertz CT molecular complexity index is 761. The highest BCUT2D eigenvalue weighted by Crippen LogP contribution is 2.17. The first-order chi connectivity index (χ1) is 10.7. The van der Waals surface area contributed by atoms with Gasteiger partial charge in [-0.25, -0.2) is 0 Å². The highest BCUT2D eigenvalue weighted by Gasteiger charge is 2.10. The van der Waals surface area contributed by atoms with Crippen LogP contribution < -0.4 is 5.43 Å². The Hall–Kier alpha value is -2.53.